The van der Waals surface area contributed by atoms with Crippen LogP contribution in [0, 0.1) is 0 Å². The van der Waals surface area contributed by atoms with E-state index in [2.05, 4.69) is 10.6 Å². The summed E-state index contributed by atoms with van der Waals surface area (Å²) < 4.78 is 9.88. The SMILES string of the molecule is CCc1cccc(NC(=O)COC(=O)CNC(=O)c2ccc(OC)cc2)c1. The zero-order chi connectivity index (χ0) is 19.6. The number of nitrogens with one attached hydrogen (secondary N) is 2. The van der Waals surface area contributed by atoms with Crippen molar-refractivity contribution in [1.29, 1.82) is 0 Å². The van der Waals surface area contributed by atoms with Crippen LogP contribution >= 0.6 is 0 Å². The number of esters is 1. The highest BCUT2D eigenvalue weighted by Gasteiger charge is 2.11. The van der Waals surface area contributed by atoms with Crippen LogP contribution < -0.4 is 15.4 Å². The van der Waals surface area contributed by atoms with Crippen molar-refractivity contribution in [2.45, 2.75) is 13.3 Å². The van der Waals surface area contributed by atoms with Crippen molar-refractivity contribution < 1.29 is 23.9 Å². The largest absolute Gasteiger partial charge is 0.497 e. The number of hydrogen-bond donors (Lipinski definition) is 2. The number of ether oxygens (including phenoxy) is 2. The van der Waals surface area contributed by atoms with E-state index < -0.39 is 24.4 Å². The second kappa shape index (κ2) is 9.96. The van der Waals surface area contributed by atoms with Crippen LogP contribution in [0.1, 0.15) is 22.8 Å². The predicted octanol–water partition coefficient (Wildman–Crippen LogP) is 2.17. The number of carbonyl (C=O) groups excluding carboxylic acids is 3. The molecule has 0 unspecified atom stereocenters. The number of rotatable bonds is 8. The van der Waals surface area contributed by atoms with Crippen LogP contribution in [0.15, 0.2) is 48.5 Å². The Hall–Kier alpha value is -3.35. The molecular weight excluding hydrogens is 348 g/mol. The fourth-order valence-corrected chi connectivity index (χ4v) is 2.26. The maximum absolute atomic E-state index is 11.9. The quantitative estimate of drug-likeness (QED) is 0.695. The molecule has 27 heavy (non-hydrogen) atoms. The van der Waals surface area contributed by atoms with Crippen molar-refractivity contribution in [3.05, 3.63) is 59.7 Å². The summed E-state index contributed by atoms with van der Waals surface area (Å²) in [6, 6.07) is 13.9. The second-order valence-electron chi connectivity index (χ2n) is 5.67. The number of anilines is 1. The van der Waals surface area contributed by atoms with Crippen LogP contribution in [0.4, 0.5) is 5.69 Å². The monoisotopic (exact) mass is 370 g/mol. The molecule has 2 aromatic rings. The first-order valence-corrected chi connectivity index (χ1v) is 8.48. The molecule has 0 aliphatic heterocycles. The second-order valence-corrected chi connectivity index (χ2v) is 5.67. The Morgan fingerprint density at radius 2 is 1.78 bits per heavy atom. The van der Waals surface area contributed by atoms with E-state index in [1.165, 1.54) is 7.11 Å². The van der Waals surface area contributed by atoms with Crippen LogP contribution in [0.25, 0.3) is 0 Å². The first-order valence-electron chi connectivity index (χ1n) is 8.48. The Kier molecular flexibility index (Phi) is 7.37. The average molecular weight is 370 g/mol. The lowest BCUT2D eigenvalue weighted by atomic mass is 10.1. The van der Waals surface area contributed by atoms with Crippen LogP contribution in [0.3, 0.4) is 0 Å². The fraction of sp³-hybridized carbons (Fsp3) is 0.250. The van der Waals surface area contributed by atoms with Gasteiger partial charge in [-0.3, -0.25) is 14.4 Å². The summed E-state index contributed by atoms with van der Waals surface area (Å²) in [6.07, 6.45) is 0.854. The maximum atomic E-state index is 11.9. The number of hydrogen-bond acceptors (Lipinski definition) is 5. The van der Waals surface area contributed by atoms with Crippen molar-refractivity contribution in [2.75, 3.05) is 25.6 Å². The summed E-state index contributed by atoms with van der Waals surface area (Å²) in [5.74, 6) is -0.940. The van der Waals surface area contributed by atoms with Gasteiger partial charge < -0.3 is 20.1 Å². The molecule has 2 rings (SSSR count). The van der Waals surface area contributed by atoms with Crippen LogP contribution in [0.5, 0.6) is 5.75 Å². The third-order valence-corrected chi connectivity index (χ3v) is 3.73. The van der Waals surface area contributed by atoms with Gasteiger partial charge in [-0.15, -0.1) is 0 Å². The molecule has 0 aromatic heterocycles. The van der Waals surface area contributed by atoms with Gasteiger partial charge in [0, 0.05) is 11.3 Å². The van der Waals surface area contributed by atoms with E-state index in [-0.39, 0.29) is 6.54 Å². The predicted molar refractivity (Wildman–Crippen MR) is 101 cm³/mol. The van der Waals surface area contributed by atoms with Crippen molar-refractivity contribution in [2.24, 2.45) is 0 Å². The van der Waals surface area contributed by atoms with Crippen molar-refractivity contribution >= 4 is 23.5 Å². The Labute approximate surface area is 157 Å². The summed E-state index contributed by atoms with van der Waals surface area (Å²) in [4.78, 5) is 35.5. The normalized spacial score (nSPS) is 10.0. The highest BCUT2D eigenvalue weighted by Crippen LogP contribution is 2.11. The molecule has 0 atom stereocenters. The van der Waals surface area contributed by atoms with Gasteiger partial charge in [-0.2, -0.15) is 0 Å². The number of amides is 2. The molecule has 0 radical (unpaired) electrons. The zero-order valence-corrected chi connectivity index (χ0v) is 15.3. The van der Waals surface area contributed by atoms with Gasteiger partial charge in [0.15, 0.2) is 6.61 Å². The first-order chi connectivity index (χ1) is 13.0. The van der Waals surface area contributed by atoms with Gasteiger partial charge in [0.05, 0.1) is 7.11 Å². The van der Waals surface area contributed by atoms with Crippen LogP contribution in [-0.4, -0.2) is 38.0 Å². The highest BCUT2D eigenvalue weighted by atomic mass is 16.5. The van der Waals surface area contributed by atoms with Crippen molar-refractivity contribution in [3.63, 3.8) is 0 Å². The molecule has 0 aliphatic rings. The van der Waals surface area contributed by atoms with Crippen molar-refractivity contribution in [3.8, 4) is 5.75 Å². The summed E-state index contributed by atoms with van der Waals surface area (Å²) in [5, 5.41) is 5.10. The molecule has 7 heteroatoms. The van der Waals surface area contributed by atoms with E-state index in [1.54, 1.807) is 30.3 Å². The zero-order valence-electron chi connectivity index (χ0n) is 15.3. The Balaban J connectivity index is 1.73. The van der Waals surface area contributed by atoms with E-state index >= 15 is 0 Å². The van der Waals surface area contributed by atoms with Gasteiger partial charge in [-0.1, -0.05) is 19.1 Å². The van der Waals surface area contributed by atoms with Gasteiger partial charge in [0.2, 0.25) is 0 Å². The number of carbonyl (C=O) groups is 3. The molecule has 0 saturated carbocycles. The minimum atomic E-state index is -0.700. The summed E-state index contributed by atoms with van der Waals surface area (Å²) in [7, 11) is 1.53. The smallest absolute Gasteiger partial charge is 0.325 e. The Morgan fingerprint density at radius 1 is 1.04 bits per heavy atom. The molecule has 7 nitrogen and oxygen atoms in total. The van der Waals surface area contributed by atoms with Crippen LogP contribution in [0.2, 0.25) is 0 Å². The molecule has 2 N–H and O–H groups in total. The van der Waals surface area contributed by atoms with E-state index in [0.717, 1.165) is 12.0 Å². The highest BCUT2D eigenvalue weighted by molar-refractivity contribution is 5.96. The van der Waals surface area contributed by atoms with E-state index in [1.807, 2.05) is 25.1 Å². The van der Waals surface area contributed by atoms with Gasteiger partial charge in [0.1, 0.15) is 12.3 Å². The lowest BCUT2D eigenvalue weighted by Crippen LogP contribution is -2.32. The molecule has 0 saturated heterocycles. The summed E-state index contributed by atoms with van der Waals surface area (Å²) in [5.41, 5.74) is 2.12. The molecule has 142 valence electrons. The first kappa shape index (κ1) is 20.0. The maximum Gasteiger partial charge on any atom is 0.325 e. The number of benzene rings is 2. The van der Waals surface area contributed by atoms with Gasteiger partial charge in [0.25, 0.3) is 11.8 Å². The Morgan fingerprint density at radius 3 is 2.44 bits per heavy atom. The van der Waals surface area contributed by atoms with E-state index in [0.29, 0.717) is 17.0 Å². The fourth-order valence-electron chi connectivity index (χ4n) is 2.26. The molecule has 0 fully saturated rings. The van der Waals surface area contributed by atoms with E-state index in [4.69, 9.17) is 9.47 Å². The minimum absolute atomic E-state index is 0.330. The molecular formula is C20H22N2O5. The standard InChI is InChI=1S/C20H22N2O5/c1-3-14-5-4-6-16(11-14)22-18(23)13-27-19(24)12-21-20(25)15-7-9-17(26-2)10-8-15/h4-11H,3,12-13H2,1-2H3,(H,21,25)(H,22,23). The molecule has 0 aliphatic carbocycles. The summed E-state index contributed by atoms with van der Waals surface area (Å²) in [6.45, 7) is 1.26. The topological polar surface area (TPSA) is 93.7 Å². The third kappa shape index (κ3) is 6.47. The van der Waals surface area contributed by atoms with Gasteiger partial charge >= 0.3 is 5.97 Å². The molecule has 0 bridgehead atoms. The van der Waals surface area contributed by atoms with Gasteiger partial charge in [-0.25, -0.2) is 0 Å². The molecule has 0 heterocycles. The molecule has 2 amide bonds. The summed E-state index contributed by atoms with van der Waals surface area (Å²) >= 11 is 0. The minimum Gasteiger partial charge on any atom is -0.497 e. The van der Waals surface area contributed by atoms with Crippen molar-refractivity contribution in [1.82, 2.24) is 5.32 Å². The number of methoxy groups -OCH3 is 1. The average Bonchev–Trinajstić information content (AvgIpc) is 2.70. The third-order valence-electron chi connectivity index (χ3n) is 3.73. The lowest BCUT2D eigenvalue weighted by Gasteiger charge is -2.08. The molecule has 2 aromatic carbocycles. The Bertz CT molecular complexity index is 802. The van der Waals surface area contributed by atoms with Gasteiger partial charge in [-0.05, 0) is 48.4 Å². The van der Waals surface area contributed by atoms with Crippen LogP contribution in [-0.2, 0) is 20.7 Å². The lowest BCUT2D eigenvalue weighted by molar-refractivity contribution is -0.146. The van der Waals surface area contributed by atoms with E-state index in [9.17, 15) is 14.4 Å². The number of aryl methyl sites for hydroxylation is 1. The molecule has 0 spiro atoms.